The monoisotopic (exact) mass is 342 g/mol. The van der Waals surface area contributed by atoms with Crippen molar-refractivity contribution in [3.63, 3.8) is 0 Å². The molecule has 0 amide bonds. The Bertz CT molecular complexity index is 622. The normalized spacial score (nSPS) is 10.5. The molecule has 5 heteroatoms. The van der Waals surface area contributed by atoms with Gasteiger partial charge in [0.2, 0.25) is 5.78 Å². The van der Waals surface area contributed by atoms with Crippen molar-refractivity contribution in [2.75, 3.05) is 7.11 Å². The molecular formula is C14H12BrFO2S. The lowest BCUT2D eigenvalue weighted by molar-refractivity contribution is 0.103. The van der Waals surface area contributed by atoms with E-state index < -0.39 is 5.82 Å². The molecule has 0 N–H and O–H groups in total. The number of halogens is 2. The van der Waals surface area contributed by atoms with E-state index in [2.05, 4.69) is 15.9 Å². The van der Waals surface area contributed by atoms with Crippen LogP contribution in [-0.2, 0) is 6.42 Å². The summed E-state index contributed by atoms with van der Waals surface area (Å²) in [7, 11) is 1.42. The van der Waals surface area contributed by atoms with Crippen LogP contribution in [0.25, 0.3) is 0 Å². The summed E-state index contributed by atoms with van der Waals surface area (Å²) in [5, 5.41) is 0. The maximum Gasteiger partial charge on any atom is 0.206 e. The number of benzene rings is 1. The molecule has 1 heterocycles. The Labute approximate surface area is 123 Å². The van der Waals surface area contributed by atoms with Gasteiger partial charge in [0, 0.05) is 10.9 Å². The molecule has 0 spiro atoms. The first-order valence-corrected chi connectivity index (χ1v) is 7.34. The van der Waals surface area contributed by atoms with Gasteiger partial charge in [-0.3, -0.25) is 4.79 Å². The standard InChI is InChI=1S/C14H12BrFO2S/c1-3-8-4-5-13(19-8)14(17)9-6-10(15)11(16)7-12(9)18-2/h4-7H,3H2,1-2H3. The number of hydrogen-bond acceptors (Lipinski definition) is 3. The summed E-state index contributed by atoms with van der Waals surface area (Å²) in [6.07, 6.45) is 0.891. The fourth-order valence-corrected chi connectivity index (χ4v) is 2.94. The number of hydrogen-bond donors (Lipinski definition) is 0. The van der Waals surface area contributed by atoms with E-state index in [1.807, 2.05) is 13.0 Å². The van der Waals surface area contributed by atoms with E-state index in [4.69, 9.17) is 4.74 Å². The summed E-state index contributed by atoms with van der Waals surface area (Å²) >= 11 is 4.54. The Morgan fingerprint density at radius 2 is 2.16 bits per heavy atom. The highest BCUT2D eigenvalue weighted by Crippen LogP contribution is 2.30. The highest BCUT2D eigenvalue weighted by molar-refractivity contribution is 9.10. The van der Waals surface area contributed by atoms with Crippen LogP contribution < -0.4 is 4.74 Å². The number of carbonyl (C=O) groups is 1. The summed E-state index contributed by atoms with van der Waals surface area (Å²) < 4.78 is 18.8. The van der Waals surface area contributed by atoms with Gasteiger partial charge in [-0.2, -0.15) is 0 Å². The first-order chi connectivity index (χ1) is 9.06. The minimum absolute atomic E-state index is 0.151. The lowest BCUT2D eigenvalue weighted by atomic mass is 10.1. The van der Waals surface area contributed by atoms with E-state index in [1.165, 1.54) is 30.6 Å². The molecule has 0 radical (unpaired) electrons. The molecule has 2 nitrogen and oxygen atoms in total. The molecule has 0 aliphatic rings. The molecule has 19 heavy (non-hydrogen) atoms. The van der Waals surface area contributed by atoms with Crippen molar-refractivity contribution in [1.29, 1.82) is 0 Å². The van der Waals surface area contributed by atoms with Crippen LogP contribution >= 0.6 is 27.3 Å². The second-order valence-corrected chi connectivity index (χ2v) is 5.94. The van der Waals surface area contributed by atoms with E-state index in [0.717, 1.165) is 11.3 Å². The molecule has 100 valence electrons. The highest BCUT2D eigenvalue weighted by atomic mass is 79.9. The Morgan fingerprint density at radius 3 is 2.74 bits per heavy atom. The Kier molecular flexibility index (Phi) is 4.37. The molecule has 0 saturated heterocycles. The third-order valence-corrected chi connectivity index (χ3v) is 4.56. The molecule has 0 aliphatic heterocycles. The molecule has 0 fully saturated rings. The lowest BCUT2D eigenvalue weighted by Gasteiger charge is -2.08. The molecule has 2 aromatic rings. The predicted molar refractivity (Wildman–Crippen MR) is 77.8 cm³/mol. The van der Waals surface area contributed by atoms with Crippen LogP contribution in [0, 0.1) is 5.82 Å². The van der Waals surface area contributed by atoms with Crippen molar-refractivity contribution in [3.05, 3.63) is 49.9 Å². The highest BCUT2D eigenvalue weighted by Gasteiger charge is 2.18. The van der Waals surface area contributed by atoms with Crippen LogP contribution in [0.1, 0.15) is 27.0 Å². The van der Waals surface area contributed by atoms with Gasteiger partial charge >= 0.3 is 0 Å². The third-order valence-electron chi connectivity index (χ3n) is 2.72. The summed E-state index contributed by atoms with van der Waals surface area (Å²) in [6.45, 7) is 2.04. The second kappa shape index (κ2) is 5.84. The van der Waals surface area contributed by atoms with Crippen LogP contribution in [0.15, 0.2) is 28.7 Å². The van der Waals surface area contributed by atoms with E-state index in [0.29, 0.717) is 10.4 Å². The van der Waals surface area contributed by atoms with E-state index in [1.54, 1.807) is 6.07 Å². The molecule has 0 bridgehead atoms. The minimum Gasteiger partial charge on any atom is -0.496 e. The smallest absolute Gasteiger partial charge is 0.206 e. The van der Waals surface area contributed by atoms with Crippen molar-refractivity contribution in [3.8, 4) is 5.75 Å². The lowest BCUT2D eigenvalue weighted by Crippen LogP contribution is -2.03. The summed E-state index contributed by atoms with van der Waals surface area (Å²) in [5.74, 6) is -0.353. The van der Waals surface area contributed by atoms with Crippen LogP contribution in [0.4, 0.5) is 4.39 Å². The maximum absolute atomic E-state index is 13.4. The number of methoxy groups -OCH3 is 1. The molecule has 0 atom stereocenters. The van der Waals surface area contributed by atoms with Crippen LogP contribution in [-0.4, -0.2) is 12.9 Å². The fourth-order valence-electron chi connectivity index (χ4n) is 1.70. The summed E-state index contributed by atoms with van der Waals surface area (Å²) in [6, 6.07) is 6.40. The van der Waals surface area contributed by atoms with Gasteiger partial charge in [-0.15, -0.1) is 11.3 Å². The fraction of sp³-hybridized carbons (Fsp3) is 0.214. The average molecular weight is 343 g/mol. The van der Waals surface area contributed by atoms with Crippen molar-refractivity contribution in [2.24, 2.45) is 0 Å². The van der Waals surface area contributed by atoms with Gasteiger partial charge in [0.05, 0.1) is 22.0 Å². The summed E-state index contributed by atoms with van der Waals surface area (Å²) in [4.78, 5) is 14.2. The van der Waals surface area contributed by atoms with Gasteiger partial charge in [-0.1, -0.05) is 6.92 Å². The maximum atomic E-state index is 13.4. The predicted octanol–water partition coefficient (Wildman–Crippen LogP) is 4.45. The number of thiophene rings is 1. The summed E-state index contributed by atoms with van der Waals surface area (Å²) in [5.41, 5.74) is 0.361. The number of ether oxygens (including phenoxy) is 1. The van der Waals surface area contributed by atoms with E-state index >= 15 is 0 Å². The van der Waals surface area contributed by atoms with Gasteiger partial charge in [-0.05, 0) is 40.5 Å². The zero-order valence-corrected chi connectivity index (χ0v) is 12.9. The largest absolute Gasteiger partial charge is 0.496 e. The van der Waals surface area contributed by atoms with Crippen molar-refractivity contribution < 1.29 is 13.9 Å². The number of rotatable bonds is 4. The third kappa shape index (κ3) is 2.87. The topological polar surface area (TPSA) is 26.3 Å². The Hall–Kier alpha value is -1.20. The number of aryl methyl sites for hydroxylation is 1. The van der Waals surface area contributed by atoms with Gasteiger partial charge in [0.15, 0.2) is 0 Å². The molecule has 2 rings (SSSR count). The SMILES string of the molecule is CCc1ccc(C(=O)c2cc(Br)c(F)cc2OC)s1. The van der Waals surface area contributed by atoms with Crippen LogP contribution in [0.2, 0.25) is 0 Å². The zero-order valence-electron chi connectivity index (χ0n) is 10.5. The molecule has 0 unspecified atom stereocenters. The molecule has 1 aromatic carbocycles. The Balaban J connectivity index is 2.45. The van der Waals surface area contributed by atoms with Gasteiger partial charge < -0.3 is 4.74 Å². The van der Waals surface area contributed by atoms with Crippen LogP contribution in [0.3, 0.4) is 0 Å². The molecular weight excluding hydrogens is 331 g/mol. The molecule has 1 aromatic heterocycles. The first-order valence-electron chi connectivity index (χ1n) is 5.73. The minimum atomic E-state index is -0.450. The molecule has 0 saturated carbocycles. The van der Waals surface area contributed by atoms with Gasteiger partial charge in [0.25, 0.3) is 0 Å². The second-order valence-electron chi connectivity index (χ2n) is 3.92. The van der Waals surface area contributed by atoms with Gasteiger partial charge in [0.1, 0.15) is 11.6 Å². The van der Waals surface area contributed by atoms with Gasteiger partial charge in [-0.25, -0.2) is 4.39 Å². The number of carbonyl (C=O) groups excluding carboxylic acids is 1. The molecule has 0 aliphatic carbocycles. The van der Waals surface area contributed by atoms with Crippen LogP contribution in [0.5, 0.6) is 5.75 Å². The Morgan fingerprint density at radius 1 is 1.42 bits per heavy atom. The first kappa shape index (κ1) is 14.2. The van der Waals surface area contributed by atoms with Crippen molar-refractivity contribution >= 4 is 33.0 Å². The zero-order chi connectivity index (χ0) is 14.0. The van der Waals surface area contributed by atoms with Crippen molar-refractivity contribution in [1.82, 2.24) is 0 Å². The quantitative estimate of drug-likeness (QED) is 0.767. The average Bonchev–Trinajstić information content (AvgIpc) is 2.89. The van der Waals surface area contributed by atoms with E-state index in [-0.39, 0.29) is 16.0 Å². The van der Waals surface area contributed by atoms with E-state index in [9.17, 15) is 9.18 Å². The van der Waals surface area contributed by atoms with Crippen molar-refractivity contribution in [2.45, 2.75) is 13.3 Å². The number of ketones is 1.